The monoisotopic (exact) mass is 488 g/mol. The minimum absolute atomic E-state index is 0.176. The van der Waals surface area contributed by atoms with E-state index in [9.17, 15) is 13.6 Å². The van der Waals surface area contributed by atoms with Crippen LogP contribution in [0.4, 0.5) is 8.78 Å². The molecule has 1 amide bonds. The number of pyridine rings is 1. The van der Waals surface area contributed by atoms with Crippen LogP contribution < -0.4 is 4.74 Å². The van der Waals surface area contributed by atoms with Crippen LogP contribution >= 0.6 is 0 Å². The Labute approximate surface area is 204 Å². The van der Waals surface area contributed by atoms with Gasteiger partial charge in [0.15, 0.2) is 6.61 Å². The molecule has 9 heteroatoms. The highest BCUT2D eigenvalue weighted by atomic mass is 19.3. The first-order chi connectivity index (χ1) is 16.9. The van der Waals surface area contributed by atoms with Crippen molar-refractivity contribution in [3.63, 3.8) is 0 Å². The van der Waals surface area contributed by atoms with E-state index in [0.717, 1.165) is 63.9 Å². The van der Waals surface area contributed by atoms with Crippen molar-refractivity contribution >= 4 is 12.1 Å². The summed E-state index contributed by atoms with van der Waals surface area (Å²) in [6.07, 6.45) is 6.89. The van der Waals surface area contributed by atoms with Gasteiger partial charge in [0.25, 0.3) is 12.3 Å². The second kappa shape index (κ2) is 12.3. The van der Waals surface area contributed by atoms with Gasteiger partial charge in [-0.3, -0.25) is 4.79 Å². The largest absolute Gasteiger partial charge is 0.472 e. The maximum Gasteiger partial charge on any atom is 0.272 e. The summed E-state index contributed by atoms with van der Waals surface area (Å²) in [7, 11) is 0. The first-order valence-electron chi connectivity index (χ1n) is 12.6. The molecule has 2 aromatic heterocycles. The number of nitrogens with zero attached hydrogens (tertiary/aromatic N) is 4. The Bertz CT molecular complexity index is 1000. The number of hydrogen-bond donors (Lipinski definition) is 0. The number of hydrogen-bond acceptors (Lipinski definition) is 6. The molecule has 0 unspecified atom stereocenters. The molecule has 0 bridgehead atoms. The molecule has 2 aliphatic rings. The average Bonchev–Trinajstić information content (AvgIpc) is 3.14. The predicted octanol–water partition coefficient (Wildman–Crippen LogP) is 4.46. The molecule has 0 aromatic carbocycles. The van der Waals surface area contributed by atoms with Crippen molar-refractivity contribution in [3.8, 4) is 5.88 Å². The lowest BCUT2D eigenvalue weighted by atomic mass is 9.81. The van der Waals surface area contributed by atoms with E-state index in [0.29, 0.717) is 23.3 Å². The van der Waals surface area contributed by atoms with E-state index in [4.69, 9.17) is 9.26 Å². The molecule has 1 aliphatic heterocycles. The normalized spacial score (nSPS) is 21.3. The number of fused-ring (bicyclic) bond motifs is 1. The second-order valence-corrected chi connectivity index (χ2v) is 9.65. The van der Waals surface area contributed by atoms with Gasteiger partial charge in [0.1, 0.15) is 5.76 Å². The van der Waals surface area contributed by atoms with Gasteiger partial charge in [-0.25, -0.2) is 18.8 Å². The molecule has 7 nitrogen and oxygen atoms in total. The lowest BCUT2D eigenvalue weighted by Crippen LogP contribution is -2.29. The number of ether oxygens (including phenoxy) is 1. The molecule has 0 N–H and O–H groups in total. The fourth-order valence-electron chi connectivity index (χ4n) is 4.94. The minimum Gasteiger partial charge on any atom is -0.472 e. The molecule has 1 fully saturated rings. The number of amides is 1. The van der Waals surface area contributed by atoms with E-state index in [1.54, 1.807) is 19.1 Å². The van der Waals surface area contributed by atoms with Crippen LogP contribution in [0, 0.1) is 18.8 Å². The highest BCUT2D eigenvalue weighted by Gasteiger charge is 2.22. The van der Waals surface area contributed by atoms with E-state index in [1.807, 2.05) is 12.3 Å². The molecule has 0 spiro atoms. The van der Waals surface area contributed by atoms with Crippen molar-refractivity contribution in [1.29, 1.82) is 0 Å². The van der Waals surface area contributed by atoms with Crippen LogP contribution in [0.15, 0.2) is 27.7 Å². The van der Waals surface area contributed by atoms with Crippen molar-refractivity contribution in [2.45, 2.75) is 64.7 Å². The van der Waals surface area contributed by atoms with E-state index in [-0.39, 0.29) is 18.2 Å². The van der Waals surface area contributed by atoms with Gasteiger partial charge in [0.05, 0.1) is 12.1 Å². The molecule has 35 heavy (non-hydrogen) atoms. The van der Waals surface area contributed by atoms with Crippen LogP contribution in [-0.2, 0) is 24.1 Å². The number of alkyl halides is 2. The Morgan fingerprint density at radius 3 is 2.80 bits per heavy atom. The summed E-state index contributed by atoms with van der Waals surface area (Å²) in [4.78, 5) is 23.2. The van der Waals surface area contributed by atoms with E-state index in [1.165, 1.54) is 12.0 Å². The van der Waals surface area contributed by atoms with E-state index >= 15 is 0 Å². The summed E-state index contributed by atoms with van der Waals surface area (Å²) in [5.41, 5.74) is 2.78. The summed E-state index contributed by atoms with van der Waals surface area (Å²) in [5.74, 6) is 1.88. The molecule has 1 aliphatic carbocycles. The Morgan fingerprint density at radius 2 is 2.06 bits per heavy atom. The molecular formula is C26H34F2N4O3. The number of aliphatic imine (C=N–C) groups is 1. The topological polar surface area (TPSA) is 80.8 Å². The Balaban J connectivity index is 1.15. The molecule has 0 radical (unpaired) electrons. The smallest absolute Gasteiger partial charge is 0.272 e. The number of carbonyl (C=O) groups is 1. The zero-order valence-corrected chi connectivity index (χ0v) is 20.3. The third-order valence-corrected chi connectivity index (χ3v) is 6.95. The molecule has 3 heterocycles. The van der Waals surface area contributed by atoms with E-state index < -0.39 is 13.0 Å². The van der Waals surface area contributed by atoms with Crippen molar-refractivity contribution in [2.24, 2.45) is 16.8 Å². The highest BCUT2D eigenvalue weighted by Crippen LogP contribution is 2.30. The summed E-state index contributed by atoms with van der Waals surface area (Å²) in [6.45, 7) is 4.15. The molecule has 1 saturated carbocycles. The van der Waals surface area contributed by atoms with Crippen molar-refractivity contribution in [1.82, 2.24) is 15.0 Å². The molecule has 4 rings (SSSR count). The number of halogens is 2. The van der Waals surface area contributed by atoms with Crippen LogP contribution in [0.2, 0.25) is 0 Å². The van der Waals surface area contributed by atoms with Crippen molar-refractivity contribution in [2.75, 3.05) is 26.2 Å². The SMILES string of the molecule is Cc1cc(CC(=O)N=CC2CCC(CCN3CCc4ccc(OCC(F)F)nc4CC3)CC2)no1. The quantitative estimate of drug-likeness (QED) is 0.485. The molecule has 2 aromatic rings. The predicted molar refractivity (Wildman–Crippen MR) is 128 cm³/mol. The van der Waals surface area contributed by atoms with Gasteiger partial charge in [-0.1, -0.05) is 11.2 Å². The van der Waals surface area contributed by atoms with Crippen LogP contribution in [0.1, 0.15) is 54.8 Å². The Morgan fingerprint density at radius 1 is 1.26 bits per heavy atom. The highest BCUT2D eigenvalue weighted by molar-refractivity contribution is 5.86. The fourth-order valence-corrected chi connectivity index (χ4v) is 4.94. The van der Waals surface area contributed by atoms with Crippen LogP contribution in [-0.4, -0.2) is 59.8 Å². The number of aryl methyl sites for hydroxylation is 1. The minimum atomic E-state index is -2.49. The molecular weight excluding hydrogens is 454 g/mol. The second-order valence-electron chi connectivity index (χ2n) is 9.65. The first-order valence-corrected chi connectivity index (χ1v) is 12.6. The maximum atomic E-state index is 12.4. The third-order valence-electron chi connectivity index (χ3n) is 6.95. The van der Waals surface area contributed by atoms with Gasteiger partial charge in [-0.2, -0.15) is 0 Å². The average molecular weight is 489 g/mol. The molecule has 0 atom stereocenters. The van der Waals surface area contributed by atoms with Crippen LogP contribution in [0.3, 0.4) is 0 Å². The zero-order valence-electron chi connectivity index (χ0n) is 20.3. The van der Waals surface area contributed by atoms with Gasteiger partial charge in [-0.15, -0.1) is 0 Å². The van der Waals surface area contributed by atoms with Gasteiger partial charge >= 0.3 is 0 Å². The van der Waals surface area contributed by atoms with Gasteiger partial charge in [0, 0.05) is 43.6 Å². The zero-order chi connectivity index (χ0) is 24.6. The number of rotatable bonds is 9. The van der Waals surface area contributed by atoms with Gasteiger partial charge < -0.3 is 14.2 Å². The Hall–Kier alpha value is -2.68. The van der Waals surface area contributed by atoms with Crippen LogP contribution in [0.25, 0.3) is 0 Å². The summed E-state index contributed by atoms with van der Waals surface area (Å²) in [6, 6.07) is 5.43. The third kappa shape index (κ3) is 7.92. The van der Waals surface area contributed by atoms with Gasteiger partial charge in [-0.05, 0) is 69.4 Å². The van der Waals surface area contributed by atoms with Crippen molar-refractivity contribution < 1.29 is 22.8 Å². The standard InChI is InChI=1S/C26H34F2N4O3/c1-18-14-22(31-35-18)15-25(33)29-16-20-4-2-19(3-5-20)8-11-32-12-9-21-6-7-26(34-17-24(27)28)30-23(21)10-13-32/h6-7,14,16,19-20,24H,2-5,8-13,15,17H2,1H3. The summed E-state index contributed by atoms with van der Waals surface area (Å²) >= 11 is 0. The first kappa shape index (κ1) is 25.4. The van der Waals surface area contributed by atoms with Crippen LogP contribution in [0.5, 0.6) is 5.88 Å². The molecule has 190 valence electrons. The number of carbonyl (C=O) groups excluding carboxylic acids is 1. The number of aromatic nitrogens is 2. The van der Waals surface area contributed by atoms with Crippen molar-refractivity contribution in [3.05, 3.63) is 40.9 Å². The summed E-state index contributed by atoms with van der Waals surface area (Å²) in [5, 5.41) is 3.85. The lowest BCUT2D eigenvalue weighted by Gasteiger charge is -2.28. The molecule has 0 saturated heterocycles. The fraction of sp³-hybridized carbons (Fsp3) is 0.615. The lowest BCUT2D eigenvalue weighted by molar-refractivity contribution is -0.117. The summed E-state index contributed by atoms with van der Waals surface area (Å²) < 4.78 is 34.9. The Kier molecular flexibility index (Phi) is 8.95. The van der Waals surface area contributed by atoms with Gasteiger partial charge in [0.2, 0.25) is 5.88 Å². The maximum absolute atomic E-state index is 12.4. The van der Waals surface area contributed by atoms with E-state index in [2.05, 4.69) is 20.0 Å².